The molecule has 0 aromatic carbocycles. The number of hydrogen-bond acceptors (Lipinski definition) is 0. The molecule has 0 aliphatic heterocycles. The normalized spacial score (nSPS) is 0. The van der Waals surface area contributed by atoms with Gasteiger partial charge in [-0.2, -0.15) is 0 Å². The Morgan fingerprint density at radius 2 is 0.400 bits per heavy atom. The van der Waals surface area contributed by atoms with E-state index in [1.165, 1.54) is 0 Å². The SMILES string of the molecule is [F-].[F-].[F-].[F-].[Os+4]. The van der Waals surface area contributed by atoms with E-state index in [1.54, 1.807) is 0 Å². The fraction of sp³-hybridized carbons (Fsp3) is 0. The standard InChI is InChI=1S/4FH.Os/h4*1H;/q;;;;+4/p-4. The van der Waals surface area contributed by atoms with Crippen LogP contribution in [0.3, 0.4) is 0 Å². The summed E-state index contributed by atoms with van der Waals surface area (Å²) in [5, 5.41) is 0. The van der Waals surface area contributed by atoms with Gasteiger partial charge in [0.2, 0.25) is 0 Å². The molecule has 0 heterocycles. The summed E-state index contributed by atoms with van der Waals surface area (Å²) in [6, 6.07) is 0. The van der Waals surface area contributed by atoms with Crippen molar-refractivity contribution in [2.75, 3.05) is 0 Å². The van der Waals surface area contributed by atoms with Crippen LogP contribution in [0.15, 0.2) is 0 Å². The number of halogens is 4. The van der Waals surface area contributed by atoms with E-state index < -0.39 is 0 Å². The molecule has 0 aliphatic rings. The molecule has 0 bridgehead atoms. The van der Waals surface area contributed by atoms with E-state index in [2.05, 4.69) is 0 Å². The minimum atomic E-state index is 0. The van der Waals surface area contributed by atoms with Crippen LogP contribution >= 0.6 is 0 Å². The first-order valence-corrected chi connectivity index (χ1v) is 0. The van der Waals surface area contributed by atoms with Gasteiger partial charge in [-0.1, -0.05) is 0 Å². The molecule has 0 aliphatic carbocycles. The van der Waals surface area contributed by atoms with E-state index in [0.717, 1.165) is 0 Å². The molecule has 5 heavy (non-hydrogen) atoms. The Bertz CT molecular complexity index is 3.61. The Hall–Kier alpha value is 0.356. The molecule has 0 saturated carbocycles. The molecule has 0 spiro atoms. The van der Waals surface area contributed by atoms with Crippen LogP contribution < -0.4 is 18.8 Å². The summed E-state index contributed by atoms with van der Waals surface area (Å²) in [7, 11) is 0. The molecule has 0 radical (unpaired) electrons. The van der Waals surface area contributed by atoms with Gasteiger partial charge in [-0.05, 0) is 0 Å². The zero-order chi connectivity index (χ0) is 0. The molecule has 36 valence electrons. The van der Waals surface area contributed by atoms with Gasteiger partial charge >= 0.3 is 19.8 Å². The van der Waals surface area contributed by atoms with Gasteiger partial charge in [0.25, 0.3) is 0 Å². The van der Waals surface area contributed by atoms with Gasteiger partial charge in [-0.3, -0.25) is 0 Å². The third kappa shape index (κ3) is 190. The van der Waals surface area contributed by atoms with Gasteiger partial charge in [0.05, 0.1) is 0 Å². The van der Waals surface area contributed by atoms with Gasteiger partial charge in [-0.15, -0.1) is 0 Å². The Balaban J connectivity index is 0. The molecule has 0 nitrogen and oxygen atoms in total. The van der Waals surface area contributed by atoms with Crippen LogP contribution in [0, 0.1) is 0 Å². The van der Waals surface area contributed by atoms with E-state index >= 15 is 0 Å². The first-order chi connectivity index (χ1) is 0. The molecule has 0 aromatic rings. The third-order valence-electron chi connectivity index (χ3n) is 0. The van der Waals surface area contributed by atoms with E-state index in [9.17, 15) is 0 Å². The summed E-state index contributed by atoms with van der Waals surface area (Å²) in [5.74, 6) is 0. The molecule has 0 saturated heterocycles. The summed E-state index contributed by atoms with van der Waals surface area (Å²) >= 11 is 0. The van der Waals surface area contributed by atoms with Crippen molar-refractivity contribution in [2.24, 2.45) is 0 Å². The van der Waals surface area contributed by atoms with Crippen molar-refractivity contribution >= 4 is 0 Å². The second kappa shape index (κ2) is 386. The van der Waals surface area contributed by atoms with Gasteiger partial charge in [0.15, 0.2) is 0 Å². The fourth-order valence-corrected chi connectivity index (χ4v) is 0. The summed E-state index contributed by atoms with van der Waals surface area (Å²) in [5.41, 5.74) is 0. The van der Waals surface area contributed by atoms with Gasteiger partial charge in [-0.25, -0.2) is 0 Å². The van der Waals surface area contributed by atoms with E-state index in [-0.39, 0.29) is 38.6 Å². The van der Waals surface area contributed by atoms with E-state index in [1.807, 2.05) is 0 Å². The summed E-state index contributed by atoms with van der Waals surface area (Å²) in [6.45, 7) is 0. The van der Waals surface area contributed by atoms with Gasteiger partial charge in [0, 0.05) is 0 Å². The van der Waals surface area contributed by atoms with Crippen molar-refractivity contribution in [3.05, 3.63) is 0 Å². The zero-order valence-electron chi connectivity index (χ0n) is 1.87. The number of rotatable bonds is 0. The van der Waals surface area contributed by atoms with Crippen molar-refractivity contribution in [3.63, 3.8) is 0 Å². The van der Waals surface area contributed by atoms with Gasteiger partial charge < -0.3 is 18.8 Å². The second-order valence-electron chi connectivity index (χ2n) is 0. The maximum absolute atomic E-state index is 0. The van der Waals surface area contributed by atoms with Crippen molar-refractivity contribution in [3.8, 4) is 0 Å². The van der Waals surface area contributed by atoms with Crippen molar-refractivity contribution in [2.45, 2.75) is 0 Å². The number of hydrogen-bond donors (Lipinski definition) is 0. The summed E-state index contributed by atoms with van der Waals surface area (Å²) in [6.07, 6.45) is 0. The Morgan fingerprint density at radius 1 is 0.400 bits per heavy atom. The van der Waals surface area contributed by atoms with Crippen LogP contribution in [0.5, 0.6) is 0 Å². The van der Waals surface area contributed by atoms with E-state index in [4.69, 9.17) is 0 Å². The molecule has 5 heteroatoms. The minimum absolute atomic E-state index is 0. The molecule has 0 atom stereocenters. The summed E-state index contributed by atoms with van der Waals surface area (Å²) in [4.78, 5) is 0. The average Bonchev–Trinajstić information content (AvgIpc) is 0. The van der Waals surface area contributed by atoms with Crippen LogP contribution in [-0.4, -0.2) is 0 Å². The van der Waals surface area contributed by atoms with Crippen molar-refractivity contribution in [1.82, 2.24) is 0 Å². The predicted octanol–water partition coefficient (Wildman–Crippen LogP) is -12.0. The van der Waals surface area contributed by atoms with Crippen molar-refractivity contribution < 1.29 is 38.6 Å². The minimum Gasteiger partial charge on any atom is -1.00 e. The molecular weight excluding hydrogens is 266 g/mol. The van der Waals surface area contributed by atoms with Crippen LogP contribution in [0.2, 0.25) is 0 Å². The largest absolute Gasteiger partial charge is 4.00 e. The molecule has 0 unspecified atom stereocenters. The first kappa shape index (κ1) is 800. The Labute approximate surface area is 39.5 Å². The van der Waals surface area contributed by atoms with E-state index in [0.29, 0.717) is 0 Å². The second-order valence-corrected chi connectivity index (χ2v) is 0. The molecule has 0 aromatic heterocycles. The van der Waals surface area contributed by atoms with Crippen molar-refractivity contribution in [1.29, 1.82) is 0 Å². The molecule has 0 amide bonds. The maximum atomic E-state index is 0. The summed E-state index contributed by atoms with van der Waals surface area (Å²) < 4.78 is 0. The smallest absolute Gasteiger partial charge is 1.00 e. The fourth-order valence-electron chi connectivity index (χ4n) is 0. The third-order valence-corrected chi connectivity index (χ3v) is 0. The maximum Gasteiger partial charge on any atom is 4.00 e. The molecule has 0 fully saturated rings. The average molecular weight is 266 g/mol. The predicted molar refractivity (Wildman–Crippen MR) is 0 cm³/mol. The van der Waals surface area contributed by atoms with Crippen LogP contribution in [0.1, 0.15) is 0 Å². The monoisotopic (exact) mass is 268 g/mol. The first-order valence-electron chi connectivity index (χ1n) is 0. The van der Waals surface area contributed by atoms with Crippen LogP contribution in [-0.2, 0) is 19.8 Å². The Morgan fingerprint density at radius 3 is 0.400 bits per heavy atom. The molecule has 0 rings (SSSR count). The molecular formula is F4Os. The quantitative estimate of drug-likeness (QED) is 0.382. The Kier molecular flexibility index (Phi) is 61900. The topological polar surface area (TPSA) is 0 Å². The van der Waals surface area contributed by atoms with Gasteiger partial charge in [0.1, 0.15) is 0 Å². The zero-order valence-corrected chi connectivity index (χ0v) is 4.41. The van der Waals surface area contributed by atoms with Crippen LogP contribution in [0.25, 0.3) is 0 Å². The van der Waals surface area contributed by atoms with Crippen LogP contribution in [0.4, 0.5) is 0 Å². The molecule has 0 N–H and O–H groups in total.